The van der Waals surface area contributed by atoms with Crippen LogP contribution in [0.1, 0.15) is 20.3 Å². The Morgan fingerprint density at radius 2 is 2.21 bits per heavy atom. The summed E-state index contributed by atoms with van der Waals surface area (Å²) in [6, 6.07) is 0. The van der Waals surface area contributed by atoms with Crippen LogP contribution in [0.15, 0.2) is 11.3 Å². The van der Waals surface area contributed by atoms with Gasteiger partial charge < -0.3 is 9.47 Å². The van der Waals surface area contributed by atoms with Gasteiger partial charge in [-0.1, -0.05) is 13.8 Å². The molecule has 0 fully saturated rings. The van der Waals surface area contributed by atoms with E-state index in [-0.39, 0.29) is 18.0 Å². The molecule has 0 saturated carbocycles. The van der Waals surface area contributed by atoms with E-state index in [9.17, 15) is 9.59 Å². The quantitative estimate of drug-likeness (QED) is 0.502. The van der Waals surface area contributed by atoms with Crippen LogP contribution >= 0.6 is 0 Å². The van der Waals surface area contributed by atoms with Crippen molar-refractivity contribution in [2.24, 2.45) is 5.92 Å². The topological polar surface area (TPSA) is 52.6 Å². The van der Waals surface area contributed by atoms with Gasteiger partial charge in [-0.25, -0.2) is 4.79 Å². The number of methoxy groups -OCH3 is 1. The molecule has 0 saturated heterocycles. The van der Waals surface area contributed by atoms with Gasteiger partial charge in [-0.05, 0) is 5.92 Å². The minimum atomic E-state index is -0.594. The van der Waals surface area contributed by atoms with Crippen molar-refractivity contribution in [1.82, 2.24) is 0 Å². The number of hydrogen-bond donors (Lipinski definition) is 0. The molecule has 1 aliphatic heterocycles. The summed E-state index contributed by atoms with van der Waals surface area (Å²) >= 11 is 0. The highest BCUT2D eigenvalue weighted by Crippen LogP contribution is 2.23. The second-order valence-electron chi connectivity index (χ2n) is 3.60. The van der Waals surface area contributed by atoms with E-state index < -0.39 is 5.97 Å². The molecule has 0 aromatic rings. The minimum absolute atomic E-state index is 0.0352. The fraction of sp³-hybridized carbons (Fsp3) is 0.600. The Kier molecular flexibility index (Phi) is 3.28. The predicted octanol–water partition coefficient (Wildman–Crippen LogP) is 1.06. The first-order valence-electron chi connectivity index (χ1n) is 4.53. The summed E-state index contributed by atoms with van der Waals surface area (Å²) in [5, 5.41) is 0. The van der Waals surface area contributed by atoms with E-state index >= 15 is 0 Å². The van der Waals surface area contributed by atoms with Gasteiger partial charge in [0.15, 0.2) is 6.61 Å². The number of carbonyl (C=O) groups excluding carboxylic acids is 2. The number of ketones is 1. The molecule has 0 N–H and O–H groups in total. The first-order chi connectivity index (χ1) is 6.56. The molecule has 0 aliphatic carbocycles. The highest BCUT2D eigenvalue weighted by molar-refractivity contribution is 6.19. The summed E-state index contributed by atoms with van der Waals surface area (Å²) in [5.41, 5.74) is 0.0844. The number of carbonyl (C=O) groups is 2. The van der Waals surface area contributed by atoms with Crippen molar-refractivity contribution >= 4 is 11.8 Å². The standard InChI is InChI=1S/C10H14O4/c1-6(2)4-8-9(10(12)13-3)7(11)5-14-8/h6H,4-5H2,1-3H3. The molecule has 0 spiro atoms. The molecule has 0 radical (unpaired) electrons. The van der Waals surface area contributed by atoms with Gasteiger partial charge in [-0.2, -0.15) is 0 Å². The van der Waals surface area contributed by atoms with Crippen molar-refractivity contribution in [3.05, 3.63) is 11.3 Å². The fourth-order valence-electron chi connectivity index (χ4n) is 1.31. The van der Waals surface area contributed by atoms with Crippen molar-refractivity contribution in [1.29, 1.82) is 0 Å². The maximum atomic E-state index is 11.3. The second kappa shape index (κ2) is 4.26. The third kappa shape index (κ3) is 2.13. The summed E-state index contributed by atoms with van der Waals surface area (Å²) in [6.07, 6.45) is 0.593. The third-order valence-corrected chi connectivity index (χ3v) is 1.92. The first-order valence-corrected chi connectivity index (χ1v) is 4.53. The second-order valence-corrected chi connectivity index (χ2v) is 3.60. The van der Waals surface area contributed by atoms with Crippen molar-refractivity contribution in [3.8, 4) is 0 Å². The zero-order valence-corrected chi connectivity index (χ0v) is 8.62. The van der Waals surface area contributed by atoms with Gasteiger partial charge in [0.25, 0.3) is 0 Å². The summed E-state index contributed by atoms with van der Waals surface area (Å²) in [6.45, 7) is 3.95. The summed E-state index contributed by atoms with van der Waals surface area (Å²) in [4.78, 5) is 22.5. The van der Waals surface area contributed by atoms with E-state index in [2.05, 4.69) is 4.74 Å². The SMILES string of the molecule is COC(=O)C1=C(CC(C)C)OCC1=O. The average Bonchev–Trinajstić information content (AvgIpc) is 2.45. The van der Waals surface area contributed by atoms with Gasteiger partial charge in [0.05, 0.1) is 7.11 Å². The number of hydrogen-bond acceptors (Lipinski definition) is 4. The molecule has 0 aromatic carbocycles. The van der Waals surface area contributed by atoms with E-state index in [4.69, 9.17) is 4.74 Å². The van der Waals surface area contributed by atoms with Gasteiger partial charge in [0, 0.05) is 6.42 Å². The summed E-state index contributed by atoms with van der Waals surface area (Å²) in [7, 11) is 1.26. The van der Waals surface area contributed by atoms with Crippen molar-refractivity contribution in [2.75, 3.05) is 13.7 Å². The van der Waals surface area contributed by atoms with Crippen molar-refractivity contribution in [3.63, 3.8) is 0 Å². The number of rotatable bonds is 3. The Hall–Kier alpha value is -1.32. The molecule has 0 unspecified atom stereocenters. The first kappa shape index (κ1) is 10.8. The lowest BCUT2D eigenvalue weighted by molar-refractivity contribution is -0.137. The van der Waals surface area contributed by atoms with E-state index in [0.717, 1.165) is 0 Å². The Balaban J connectivity index is 2.90. The van der Waals surface area contributed by atoms with Crippen molar-refractivity contribution in [2.45, 2.75) is 20.3 Å². The van der Waals surface area contributed by atoms with Gasteiger partial charge >= 0.3 is 5.97 Å². The lowest BCUT2D eigenvalue weighted by Gasteiger charge is -2.06. The number of ether oxygens (including phenoxy) is 2. The molecule has 0 amide bonds. The molecule has 0 bridgehead atoms. The van der Waals surface area contributed by atoms with Crippen LogP contribution in [0.2, 0.25) is 0 Å². The molecule has 78 valence electrons. The number of allylic oxidation sites excluding steroid dienone is 1. The zero-order chi connectivity index (χ0) is 10.7. The van der Waals surface area contributed by atoms with Gasteiger partial charge in [0.2, 0.25) is 5.78 Å². The Morgan fingerprint density at radius 1 is 1.57 bits per heavy atom. The zero-order valence-electron chi connectivity index (χ0n) is 8.62. The summed E-state index contributed by atoms with van der Waals surface area (Å²) < 4.78 is 9.66. The summed E-state index contributed by atoms with van der Waals surface area (Å²) in [5.74, 6) is -0.0666. The van der Waals surface area contributed by atoms with Crippen LogP contribution in [0, 0.1) is 5.92 Å². The van der Waals surface area contributed by atoms with Crippen LogP contribution in [-0.2, 0) is 19.1 Å². The molecule has 4 heteroatoms. The van der Waals surface area contributed by atoms with Crippen molar-refractivity contribution < 1.29 is 19.1 Å². The van der Waals surface area contributed by atoms with Crippen LogP contribution in [-0.4, -0.2) is 25.5 Å². The number of Topliss-reactive ketones (excluding diaryl/α,β-unsaturated/α-hetero) is 1. The highest BCUT2D eigenvalue weighted by atomic mass is 16.5. The molecular formula is C10H14O4. The molecular weight excluding hydrogens is 184 g/mol. The molecule has 0 atom stereocenters. The molecule has 4 nitrogen and oxygen atoms in total. The van der Waals surface area contributed by atoms with Crippen LogP contribution in [0.25, 0.3) is 0 Å². The lowest BCUT2D eigenvalue weighted by Crippen LogP contribution is -2.13. The van der Waals surface area contributed by atoms with E-state index in [1.165, 1.54) is 7.11 Å². The maximum Gasteiger partial charge on any atom is 0.345 e. The Morgan fingerprint density at radius 3 is 2.71 bits per heavy atom. The molecule has 0 aromatic heterocycles. The fourth-order valence-corrected chi connectivity index (χ4v) is 1.31. The van der Waals surface area contributed by atoms with Gasteiger partial charge in [-0.15, -0.1) is 0 Å². The van der Waals surface area contributed by atoms with E-state index in [1.54, 1.807) is 0 Å². The Labute approximate surface area is 82.9 Å². The van der Waals surface area contributed by atoms with Gasteiger partial charge in [0.1, 0.15) is 11.3 Å². The monoisotopic (exact) mass is 198 g/mol. The minimum Gasteiger partial charge on any atom is -0.489 e. The number of esters is 1. The van der Waals surface area contributed by atoms with Crippen LogP contribution < -0.4 is 0 Å². The average molecular weight is 198 g/mol. The van der Waals surface area contributed by atoms with E-state index in [1.807, 2.05) is 13.8 Å². The molecule has 1 aliphatic rings. The molecule has 1 heterocycles. The molecule has 14 heavy (non-hydrogen) atoms. The Bertz CT molecular complexity index is 288. The lowest BCUT2D eigenvalue weighted by atomic mass is 10.1. The molecule has 1 rings (SSSR count). The largest absolute Gasteiger partial charge is 0.489 e. The normalized spacial score (nSPS) is 16.1. The smallest absolute Gasteiger partial charge is 0.345 e. The maximum absolute atomic E-state index is 11.3. The van der Waals surface area contributed by atoms with Gasteiger partial charge in [-0.3, -0.25) is 4.79 Å². The van der Waals surface area contributed by atoms with E-state index in [0.29, 0.717) is 18.1 Å². The highest BCUT2D eigenvalue weighted by Gasteiger charge is 2.31. The third-order valence-electron chi connectivity index (χ3n) is 1.92. The van der Waals surface area contributed by atoms with Crippen LogP contribution in [0.3, 0.4) is 0 Å². The van der Waals surface area contributed by atoms with Crippen LogP contribution in [0.5, 0.6) is 0 Å². The predicted molar refractivity (Wildman–Crippen MR) is 49.5 cm³/mol. The van der Waals surface area contributed by atoms with Crippen LogP contribution in [0.4, 0.5) is 0 Å².